The number of hydrogen-bond acceptors (Lipinski definition) is 4. The SMILES string of the molecule is Cc1cccc(F)c1NC(=O)c1cc(F)c(-n2ncn(C)c2=O)cc1O[C@@H](C)C(F)(F)F. The van der Waals surface area contributed by atoms with E-state index < -0.39 is 52.5 Å². The second-order valence-electron chi connectivity index (χ2n) is 6.92. The van der Waals surface area contributed by atoms with Crippen molar-refractivity contribution in [2.75, 3.05) is 5.32 Å². The molecule has 3 aromatic rings. The molecule has 2 aromatic carbocycles. The topological polar surface area (TPSA) is 78.2 Å². The number of ether oxygens (including phenoxy) is 1. The number of carbonyl (C=O) groups excluding carboxylic acids is 1. The number of aryl methyl sites for hydroxylation is 2. The zero-order chi connectivity index (χ0) is 23.8. The Balaban J connectivity index is 2.11. The Kier molecular flexibility index (Phi) is 6.06. The predicted molar refractivity (Wildman–Crippen MR) is 104 cm³/mol. The van der Waals surface area contributed by atoms with Crippen molar-refractivity contribution in [1.82, 2.24) is 14.3 Å². The van der Waals surface area contributed by atoms with Crippen molar-refractivity contribution in [3.05, 3.63) is 69.9 Å². The molecule has 1 heterocycles. The minimum atomic E-state index is -4.80. The summed E-state index contributed by atoms with van der Waals surface area (Å²) >= 11 is 0. The van der Waals surface area contributed by atoms with Crippen LogP contribution in [0.5, 0.6) is 5.75 Å². The largest absolute Gasteiger partial charge is 0.480 e. The Morgan fingerprint density at radius 1 is 1.19 bits per heavy atom. The van der Waals surface area contributed by atoms with E-state index in [-0.39, 0.29) is 5.69 Å². The van der Waals surface area contributed by atoms with Crippen LogP contribution >= 0.6 is 0 Å². The summed E-state index contributed by atoms with van der Waals surface area (Å²) < 4.78 is 74.6. The van der Waals surface area contributed by atoms with Gasteiger partial charge >= 0.3 is 11.9 Å². The van der Waals surface area contributed by atoms with Crippen molar-refractivity contribution in [1.29, 1.82) is 0 Å². The molecule has 0 radical (unpaired) electrons. The first-order valence-corrected chi connectivity index (χ1v) is 9.14. The van der Waals surface area contributed by atoms with Crippen LogP contribution in [0, 0.1) is 18.6 Å². The summed E-state index contributed by atoms with van der Waals surface area (Å²) in [6, 6.07) is 5.33. The second-order valence-corrected chi connectivity index (χ2v) is 6.92. The number of carbonyl (C=O) groups is 1. The molecular formula is C20H17F5N4O3. The predicted octanol–water partition coefficient (Wildman–Crippen LogP) is 3.74. The third kappa shape index (κ3) is 4.48. The highest BCUT2D eigenvalue weighted by atomic mass is 19.4. The highest BCUT2D eigenvalue weighted by Gasteiger charge is 2.39. The van der Waals surface area contributed by atoms with Gasteiger partial charge < -0.3 is 10.1 Å². The Bertz CT molecular complexity index is 1210. The molecule has 0 saturated carbocycles. The number of nitrogens with one attached hydrogen (secondary N) is 1. The minimum Gasteiger partial charge on any atom is -0.480 e. The number of aromatic nitrogens is 3. The summed E-state index contributed by atoms with van der Waals surface area (Å²) in [6.45, 7) is 2.19. The van der Waals surface area contributed by atoms with Crippen molar-refractivity contribution in [3.63, 3.8) is 0 Å². The van der Waals surface area contributed by atoms with Gasteiger partial charge in [0.1, 0.15) is 29.4 Å². The highest BCUT2D eigenvalue weighted by Crippen LogP contribution is 2.31. The van der Waals surface area contributed by atoms with Crippen molar-refractivity contribution in [3.8, 4) is 11.4 Å². The molecule has 0 fully saturated rings. The van der Waals surface area contributed by atoms with E-state index in [1.165, 1.54) is 26.1 Å². The third-order valence-electron chi connectivity index (χ3n) is 4.57. The molecule has 7 nitrogen and oxygen atoms in total. The standard InChI is InChI=1S/C20H17F5N4O3/c1-10-5-4-6-13(21)17(10)27-18(30)12-7-14(22)15(29-19(31)28(3)9-26-29)8-16(12)32-11(2)20(23,24)25/h4-9,11H,1-3H3,(H,27,30)/t11-/m0/s1. The highest BCUT2D eigenvalue weighted by molar-refractivity contribution is 6.06. The number of benzene rings is 2. The number of amides is 1. The van der Waals surface area contributed by atoms with Gasteiger partial charge in [0, 0.05) is 13.1 Å². The molecule has 1 aromatic heterocycles. The van der Waals surface area contributed by atoms with Gasteiger partial charge in [-0.1, -0.05) is 12.1 Å². The first-order chi connectivity index (χ1) is 14.9. The molecule has 0 spiro atoms. The molecule has 32 heavy (non-hydrogen) atoms. The van der Waals surface area contributed by atoms with Gasteiger partial charge in [0.25, 0.3) is 5.91 Å². The lowest BCUT2D eigenvalue weighted by atomic mass is 10.1. The summed E-state index contributed by atoms with van der Waals surface area (Å²) in [6.07, 6.45) is -6.10. The fraction of sp³-hybridized carbons (Fsp3) is 0.250. The number of halogens is 5. The lowest BCUT2D eigenvalue weighted by Gasteiger charge is -2.20. The number of hydrogen-bond donors (Lipinski definition) is 1. The summed E-state index contributed by atoms with van der Waals surface area (Å²) in [5.41, 5.74) is -1.83. The van der Waals surface area contributed by atoms with E-state index in [9.17, 15) is 31.5 Å². The maximum atomic E-state index is 14.8. The zero-order valence-corrected chi connectivity index (χ0v) is 17.0. The summed E-state index contributed by atoms with van der Waals surface area (Å²) in [5.74, 6) is -3.70. The Morgan fingerprint density at radius 3 is 2.44 bits per heavy atom. The van der Waals surface area contributed by atoms with Crippen LogP contribution in [0.3, 0.4) is 0 Å². The molecule has 0 saturated heterocycles. The Morgan fingerprint density at radius 2 is 1.88 bits per heavy atom. The monoisotopic (exact) mass is 456 g/mol. The van der Waals surface area contributed by atoms with Crippen LogP contribution in [0.4, 0.5) is 27.6 Å². The fourth-order valence-electron chi connectivity index (χ4n) is 2.75. The molecule has 0 aliphatic heterocycles. The molecule has 12 heteroatoms. The average molecular weight is 456 g/mol. The summed E-state index contributed by atoms with van der Waals surface area (Å²) in [4.78, 5) is 24.9. The molecule has 1 N–H and O–H groups in total. The number of anilines is 1. The van der Waals surface area contributed by atoms with Crippen LogP contribution in [0.15, 0.2) is 41.5 Å². The second kappa shape index (κ2) is 8.44. The molecule has 170 valence electrons. The quantitative estimate of drug-likeness (QED) is 0.594. The van der Waals surface area contributed by atoms with Gasteiger partial charge in [-0.15, -0.1) is 0 Å². The van der Waals surface area contributed by atoms with E-state index in [1.807, 2.05) is 0 Å². The van der Waals surface area contributed by atoms with E-state index >= 15 is 0 Å². The van der Waals surface area contributed by atoms with E-state index in [1.54, 1.807) is 0 Å². The molecule has 3 rings (SSSR count). The molecular weight excluding hydrogens is 439 g/mol. The summed E-state index contributed by atoms with van der Waals surface area (Å²) in [7, 11) is 1.34. The lowest BCUT2D eigenvalue weighted by molar-refractivity contribution is -0.189. The van der Waals surface area contributed by atoms with Gasteiger partial charge in [0.2, 0.25) is 0 Å². The number of para-hydroxylation sites is 1. The minimum absolute atomic E-state index is 0.224. The fourth-order valence-corrected chi connectivity index (χ4v) is 2.75. The Labute approximate surface area is 178 Å². The van der Waals surface area contributed by atoms with Crippen LogP contribution < -0.4 is 15.7 Å². The summed E-state index contributed by atoms with van der Waals surface area (Å²) in [5, 5.41) is 5.90. The maximum absolute atomic E-state index is 14.8. The van der Waals surface area contributed by atoms with Gasteiger partial charge in [-0.3, -0.25) is 9.36 Å². The van der Waals surface area contributed by atoms with Crippen LogP contribution in [-0.4, -0.2) is 32.5 Å². The van der Waals surface area contributed by atoms with E-state index in [2.05, 4.69) is 10.4 Å². The van der Waals surface area contributed by atoms with Gasteiger partial charge in [-0.2, -0.15) is 23.0 Å². The first-order valence-electron chi connectivity index (χ1n) is 9.14. The van der Waals surface area contributed by atoms with Crippen molar-refractivity contribution in [2.24, 2.45) is 7.05 Å². The van der Waals surface area contributed by atoms with E-state index in [0.29, 0.717) is 23.2 Å². The van der Waals surface area contributed by atoms with Crippen molar-refractivity contribution < 1.29 is 31.5 Å². The van der Waals surface area contributed by atoms with Gasteiger partial charge in [0.05, 0.1) is 11.3 Å². The number of nitrogens with zero attached hydrogens (tertiary/aromatic N) is 3. The number of rotatable bonds is 5. The molecule has 0 aliphatic rings. The van der Waals surface area contributed by atoms with E-state index in [0.717, 1.165) is 23.0 Å². The van der Waals surface area contributed by atoms with Crippen molar-refractivity contribution in [2.45, 2.75) is 26.1 Å². The molecule has 0 aliphatic carbocycles. The smallest absolute Gasteiger partial charge is 0.425 e. The van der Waals surface area contributed by atoms with Gasteiger partial charge in [-0.05, 0) is 31.5 Å². The average Bonchev–Trinajstić information content (AvgIpc) is 3.03. The molecule has 1 amide bonds. The van der Waals surface area contributed by atoms with Gasteiger partial charge in [0.15, 0.2) is 6.10 Å². The third-order valence-corrected chi connectivity index (χ3v) is 4.57. The van der Waals surface area contributed by atoms with Crippen LogP contribution in [0.1, 0.15) is 22.8 Å². The maximum Gasteiger partial charge on any atom is 0.425 e. The van der Waals surface area contributed by atoms with Crippen LogP contribution in [0.2, 0.25) is 0 Å². The number of alkyl halides is 3. The van der Waals surface area contributed by atoms with Gasteiger partial charge in [-0.25, -0.2) is 13.6 Å². The van der Waals surface area contributed by atoms with Crippen molar-refractivity contribution >= 4 is 11.6 Å². The Hall–Kier alpha value is -3.70. The van der Waals surface area contributed by atoms with E-state index in [4.69, 9.17) is 4.74 Å². The molecule has 1 atom stereocenters. The van der Waals surface area contributed by atoms with Crippen LogP contribution in [0.25, 0.3) is 5.69 Å². The first kappa shape index (κ1) is 23.0. The normalized spacial score (nSPS) is 12.5. The lowest BCUT2D eigenvalue weighted by Crippen LogP contribution is -2.32. The zero-order valence-electron chi connectivity index (χ0n) is 17.0. The molecule has 0 unspecified atom stereocenters. The van der Waals surface area contributed by atoms with Crippen LogP contribution in [-0.2, 0) is 7.05 Å². The molecule has 0 bridgehead atoms.